The topological polar surface area (TPSA) is 68.7 Å². The molecule has 1 fully saturated rings. The van der Waals surface area contributed by atoms with Crippen molar-refractivity contribution in [2.75, 3.05) is 26.3 Å². The maximum absolute atomic E-state index is 12.2. The fourth-order valence-electron chi connectivity index (χ4n) is 3.03. The molecule has 0 aromatic carbocycles. The predicted octanol–water partition coefficient (Wildman–Crippen LogP) is 3.71. The number of carbonyl (C=O) groups excluding carboxylic acids is 2. The lowest BCUT2D eigenvalue weighted by molar-refractivity contribution is 0.0155. The molecule has 144 valence electrons. The van der Waals surface area contributed by atoms with Gasteiger partial charge in [-0.3, -0.25) is 9.78 Å². The normalized spacial score (nSPS) is 17.8. The minimum Gasteiger partial charge on any atom is -0.444 e. The van der Waals surface area contributed by atoms with Crippen LogP contribution in [0.5, 0.6) is 0 Å². The molecule has 6 heteroatoms. The lowest BCUT2D eigenvalue weighted by Crippen LogP contribution is -2.42. The molecule has 0 unspecified atom stereocenters. The van der Waals surface area contributed by atoms with Crippen LogP contribution in [0, 0.1) is 5.92 Å². The maximum Gasteiger partial charge on any atom is 0.410 e. The fraction of sp³-hybridized carbons (Fsp3) is 0.650. The van der Waals surface area contributed by atoms with Gasteiger partial charge in [0, 0.05) is 25.9 Å². The zero-order valence-corrected chi connectivity index (χ0v) is 16.1. The van der Waals surface area contributed by atoms with Crippen molar-refractivity contribution in [2.45, 2.75) is 52.1 Å². The fourth-order valence-corrected chi connectivity index (χ4v) is 3.03. The Labute approximate surface area is 155 Å². The van der Waals surface area contributed by atoms with Crippen LogP contribution in [-0.4, -0.2) is 53.7 Å². The number of Topliss-reactive ketones (excluding diaryl/α,β-unsaturated/α-hetero) is 1. The number of amides is 1. The van der Waals surface area contributed by atoms with E-state index >= 15 is 0 Å². The molecule has 2 heterocycles. The van der Waals surface area contributed by atoms with Crippen LogP contribution in [-0.2, 0) is 9.47 Å². The van der Waals surface area contributed by atoms with Gasteiger partial charge in [-0.25, -0.2) is 4.79 Å². The summed E-state index contributed by atoms with van der Waals surface area (Å²) < 4.78 is 10.9. The molecule has 0 aliphatic carbocycles. The van der Waals surface area contributed by atoms with Gasteiger partial charge in [0.25, 0.3) is 0 Å². The van der Waals surface area contributed by atoms with Gasteiger partial charge in [-0.15, -0.1) is 0 Å². The molecule has 0 radical (unpaired) electrons. The Balaban J connectivity index is 1.63. The van der Waals surface area contributed by atoms with Gasteiger partial charge in [0.1, 0.15) is 17.9 Å². The average Bonchev–Trinajstić information content (AvgIpc) is 2.61. The summed E-state index contributed by atoms with van der Waals surface area (Å²) in [4.78, 5) is 29.9. The van der Waals surface area contributed by atoms with Crippen LogP contribution in [0.2, 0.25) is 0 Å². The molecule has 1 saturated heterocycles. The van der Waals surface area contributed by atoms with Gasteiger partial charge in [0.05, 0.1) is 0 Å². The zero-order valence-electron chi connectivity index (χ0n) is 16.1. The summed E-state index contributed by atoms with van der Waals surface area (Å²) in [7, 11) is 0. The highest BCUT2D eigenvalue weighted by Crippen LogP contribution is 2.22. The number of nitrogens with zero attached hydrogens (tertiary/aromatic N) is 2. The molecule has 0 saturated carbocycles. The standard InChI is InChI=1S/C20H30N2O4/c1-20(2,3)26-19(24)22-12-6-8-16(14-22)9-7-13-25-15-18(23)17-10-4-5-11-21-17/h4-5,10-11,16H,6-9,12-15H2,1-3H3/t16-/m0/s1. The van der Waals surface area contributed by atoms with Crippen LogP contribution < -0.4 is 0 Å². The zero-order chi connectivity index (χ0) is 19.0. The first-order chi connectivity index (χ1) is 12.3. The number of hydrogen-bond donors (Lipinski definition) is 0. The van der Waals surface area contributed by atoms with Gasteiger partial charge >= 0.3 is 6.09 Å². The van der Waals surface area contributed by atoms with Crippen LogP contribution in [0.3, 0.4) is 0 Å². The molecule has 26 heavy (non-hydrogen) atoms. The Morgan fingerprint density at radius 3 is 2.81 bits per heavy atom. The molecule has 1 atom stereocenters. The third-order valence-electron chi connectivity index (χ3n) is 4.26. The van der Waals surface area contributed by atoms with Crippen molar-refractivity contribution in [2.24, 2.45) is 5.92 Å². The van der Waals surface area contributed by atoms with Gasteiger partial charge in [0.2, 0.25) is 5.78 Å². The van der Waals surface area contributed by atoms with Crippen molar-refractivity contribution in [3.8, 4) is 0 Å². The highest BCUT2D eigenvalue weighted by molar-refractivity contribution is 5.95. The quantitative estimate of drug-likeness (QED) is 0.546. The predicted molar refractivity (Wildman–Crippen MR) is 99.2 cm³/mol. The van der Waals surface area contributed by atoms with Gasteiger partial charge < -0.3 is 14.4 Å². The minimum atomic E-state index is -0.460. The van der Waals surface area contributed by atoms with Gasteiger partial charge in [-0.1, -0.05) is 6.07 Å². The van der Waals surface area contributed by atoms with E-state index in [-0.39, 0.29) is 18.5 Å². The molecular weight excluding hydrogens is 332 g/mol. The van der Waals surface area contributed by atoms with E-state index in [0.29, 0.717) is 18.2 Å². The first-order valence-electron chi connectivity index (χ1n) is 9.35. The third-order valence-corrected chi connectivity index (χ3v) is 4.26. The monoisotopic (exact) mass is 362 g/mol. The van der Waals surface area contributed by atoms with E-state index in [9.17, 15) is 9.59 Å². The van der Waals surface area contributed by atoms with Gasteiger partial charge in [0.15, 0.2) is 0 Å². The van der Waals surface area contributed by atoms with Crippen molar-refractivity contribution in [1.29, 1.82) is 0 Å². The van der Waals surface area contributed by atoms with Crippen LogP contribution in [0.4, 0.5) is 4.79 Å². The summed E-state index contributed by atoms with van der Waals surface area (Å²) in [5.41, 5.74) is -0.0225. The second-order valence-corrected chi connectivity index (χ2v) is 7.77. The number of aromatic nitrogens is 1. The molecule has 0 N–H and O–H groups in total. The average molecular weight is 362 g/mol. The van der Waals surface area contributed by atoms with E-state index in [2.05, 4.69) is 4.98 Å². The van der Waals surface area contributed by atoms with Gasteiger partial charge in [-0.2, -0.15) is 0 Å². The Morgan fingerprint density at radius 2 is 2.12 bits per heavy atom. The molecule has 0 bridgehead atoms. The Bertz CT molecular complexity index is 583. The van der Waals surface area contributed by atoms with E-state index in [4.69, 9.17) is 9.47 Å². The smallest absolute Gasteiger partial charge is 0.410 e. The molecular formula is C20H30N2O4. The summed E-state index contributed by atoms with van der Waals surface area (Å²) in [5.74, 6) is 0.366. The van der Waals surface area contributed by atoms with Crippen LogP contribution in [0.15, 0.2) is 24.4 Å². The molecule has 1 aliphatic heterocycles. The third kappa shape index (κ3) is 7.12. The summed E-state index contributed by atoms with van der Waals surface area (Å²) >= 11 is 0. The molecule has 1 amide bonds. The van der Waals surface area contributed by atoms with Crippen molar-refractivity contribution >= 4 is 11.9 Å². The van der Waals surface area contributed by atoms with Crippen molar-refractivity contribution < 1.29 is 19.1 Å². The summed E-state index contributed by atoms with van der Waals surface area (Å²) in [6.45, 7) is 7.76. The van der Waals surface area contributed by atoms with Crippen LogP contribution >= 0.6 is 0 Å². The molecule has 0 spiro atoms. The van der Waals surface area contributed by atoms with E-state index < -0.39 is 5.60 Å². The Morgan fingerprint density at radius 1 is 1.31 bits per heavy atom. The highest BCUT2D eigenvalue weighted by atomic mass is 16.6. The second-order valence-electron chi connectivity index (χ2n) is 7.77. The van der Waals surface area contributed by atoms with Crippen LogP contribution in [0.1, 0.15) is 56.9 Å². The number of piperidine rings is 1. The number of pyridine rings is 1. The lowest BCUT2D eigenvalue weighted by Gasteiger charge is -2.34. The first kappa shape index (κ1) is 20.4. The highest BCUT2D eigenvalue weighted by Gasteiger charge is 2.27. The van der Waals surface area contributed by atoms with Gasteiger partial charge in [-0.05, 0) is 64.5 Å². The number of carbonyl (C=O) groups is 2. The van der Waals surface area contributed by atoms with Crippen molar-refractivity contribution in [1.82, 2.24) is 9.88 Å². The molecule has 6 nitrogen and oxygen atoms in total. The number of likely N-dealkylation sites (tertiary alicyclic amines) is 1. The van der Waals surface area contributed by atoms with E-state index in [1.54, 1.807) is 24.4 Å². The summed E-state index contributed by atoms with van der Waals surface area (Å²) in [5, 5.41) is 0. The Hall–Kier alpha value is -1.95. The molecule has 1 aliphatic rings. The van der Waals surface area contributed by atoms with Crippen LogP contribution in [0.25, 0.3) is 0 Å². The second kappa shape index (κ2) is 9.67. The first-order valence-corrected chi connectivity index (χ1v) is 9.35. The number of hydrogen-bond acceptors (Lipinski definition) is 5. The summed E-state index contributed by atoms with van der Waals surface area (Å²) in [6, 6.07) is 5.26. The number of ether oxygens (including phenoxy) is 2. The number of rotatable bonds is 7. The molecule has 1 aromatic rings. The molecule has 2 rings (SSSR count). The number of ketones is 1. The van der Waals surface area contributed by atoms with Crippen molar-refractivity contribution in [3.05, 3.63) is 30.1 Å². The lowest BCUT2D eigenvalue weighted by atomic mass is 9.94. The molecule has 1 aromatic heterocycles. The van der Waals surface area contributed by atoms with E-state index in [0.717, 1.165) is 38.8 Å². The van der Waals surface area contributed by atoms with E-state index in [1.807, 2.05) is 25.7 Å². The van der Waals surface area contributed by atoms with Crippen molar-refractivity contribution in [3.63, 3.8) is 0 Å². The maximum atomic E-state index is 12.2. The SMILES string of the molecule is CC(C)(C)OC(=O)N1CCC[C@@H](CCCOCC(=O)c2ccccn2)C1. The minimum absolute atomic E-state index is 0.0612. The summed E-state index contributed by atoms with van der Waals surface area (Å²) in [6.07, 6.45) is 5.36. The van der Waals surface area contributed by atoms with E-state index in [1.165, 1.54) is 0 Å². The Kier molecular flexibility index (Phi) is 7.57. The largest absolute Gasteiger partial charge is 0.444 e.